The molecule has 1 heterocycles. The van der Waals surface area contributed by atoms with Crippen molar-refractivity contribution >= 4 is 0 Å². The van der Waals surface area contributed by atoms with Crippen molar-refractivity contribution in [2.24, 2.45) is 7.05 Å². The molecule has 1 aromatic heterocycles. The third kappa shape index (κ3) is 2.02. The molecule has 0 amide bonds. The molecule has 1 aromatic carbocycles. The maximum Gasteiger partial charge on any atom is 0.108 e. The van der Waals surface area contributed by atoms with Gasteiger partial charge in [-0.25, -0.2) is 4.98 Å². The Kier molecular flexibility index (Phi) is 2.63. The first kappa shape index (κ1) is 9.00. The molecule has 0 aliphatic carbocycles. The van der Waals surface area contributed by atoms with E-state index in [1.165, 1.54) is 5.56 Å². The van der Waals surface area contributed by atoms with Crippen LogP contribution in [0.1, 0.15) is 11.4 Å². The fourth-order valence-corrected chi connectivity index (χ4v) is 1.48. The first-order chi connectivity index (χ1) is 6.86. The minimum Gasteiger partial charge on any atom is -0.338 e. The molecule has 2 aromatic rings. The molecule has 2 nitrogen and oxygen atoms in total. The summed E-state index contributed by atoms with van der Waals surface area (Å²) in [6.45, 7) is 0. The van der Waals surface area contributed by atoms with E-state index >= 15 is 0 Å². The van der Waals surface area contributed by atoms with Crippen molar-refractivity contribution in [2.75, 3.05) is 0 Å². The Morgan fingerprint density at radius 3 is 2.71 bits per heavy atom. The van der Waals surface area contributed by atoms with Crippen LogP contribution in [0, 0.1) is 6.07 Å². The molecular formula is C12H13N2. The monoisotopic (exact) mass is 185 g/mol. The summed E-state index contributed by atoms with van der Waals surface area (Å²) in [5.41, 5.74) is 1.34. The van der Waals surface area contributed by atoms with Gasteiger partial charge < -0.3 is 4.57 Å². The van der Waals surface area contributed by atoms with Gasteiger partial charge in [0.1, 0.15) is 5.82 Å². The SMILES string of the molecule is Cn1ccnc1CCc1cc[c]cc1. The molecule has 0 spiro atoms. The first-order valence-electron chi connectivity index (χ1n) is 4.77. The van der Waals surface area contributed by atoms with Crippen molar-refractivity contribution in [3.05, 3.63) is 54.1 Å². The zero-order valence-corrected chi connectivity index (χ0v) is 8.27. The topological polar surface area (TPSA) is 17.8 Å². The van der Waals surface area contributed by atoms with E-state index in [9.17, 15) is 0 Å². The van der Waals surface area contributed by atoms with E-state index in [2.05, 4.69) is 27.8 Å². The summed E-state index contributed by atoms with van der Waals surface area (Å²) < 4.78 is 2.06. The Morgan fingerprint density at radius 1 is 1.29 bits per heavy atom. The number of aryl methyl sites for hydroxylation is 3. The van der Waals surface area contributed by atoms with Gasteiger partial charge in [-0.05, 0) is 18.1 Å². The second kappa shape index (κ2) is 4.09. The Morgan fingerprint density at radius 2 is 2.07 bits per heavy atom. The number of imidazole rings is 1. The average Bonchev–Trinajstić information content (AvgIpc) is 2.63. The number of hydrogen-bond acceptors (Lipinski definition) is 1. The van der Waals surface area contributed by atoms with Gasteiger partial charge in [0, 0.05) is 25.9 Å². The van der Waals surface area contributed by atoms with Gasteiger partial charge in [-0.3, -0.25) is 0 Å². The van der Waals surface area contributed by atoms with Crippen molar-refractivity contribution in [1.82, 2.24) is 9.55 Å². The highest BCUT2D eigenvalue weighted by Gasteiger charge is 1.99. The molecule has 1 radical (unpaired) electrons. The molecule has 0 atom stereocenters. The van der Waals surface area contributed by atoms with Crippen LogP contribution in [0.3, 0.4) is 0 Å². The fraction of sp³-hybridized carbons (Fsp3) is 0.250. The summed E-state index contributed by atoms with van der Waals surface area (Å²) in [5.74, 6) is 1.14. The molecule has 0 unspecified atom stereocenters. The summed E-state index contributed by atoms with van der Waals surface area (Å²) in [5, 5.41) is 0. The van der Waals surface area contributed by atoms with Crippen molar-refractivity contribution in [2.45, 2.75) is 12.8 Å². The van der Waals surface area contributed by atoms with E-state index in [1.807, 2.05) is 31.6 Å². The summed E-state index contributed by atoms with van der Waals surface area (Å²) in [7, 11) is 2.03. The minimum absolute atomic E-state index is 0.994. The standard InChI is InChI=1S/C12H13N2/c1-14-10-9-13-12(14)8-7-11-5-3-2-4-6-11/h3-6,9-10H,7-8H2,1H3. The van der Waals surface area contributed by atoms with Crippen LogP contribution in [-0.4, -0.2) is 9.55 Å². The first-order valence-corrected chi connectivity index (χ1v) is 4.77. The lowest BCUT2D eigenvalue weighted by atomic mass is 10.1. The zero-order valence-electron chi connectivity index (χ0n) is 8.27. The van der Waals surface area contributed by atoms with Crippen LogP contribution in [0.2, 0.25) is 0 Å². The van der Waals surface area contributed by atoms with Crippen molar-refractivity contribution in [3.8, 4) is 0 Å². The molecule has 0 aliphatic rings. The maximum atomic E-state index is 4.29. The lowest BCUT2D eigenvalue weighted by Gasteiger charge is -2.01. The highest BCUT2D eigenvalue weighted by molar-refractivity contribution is 5.14. The molecule has 0 saturated carbocycles. The summed E-state index contributed by atoms with van der Waals surface area (Å²) >= 11 is 0. The van der Waals surface area contributed by atoms with Crippen molar-refractivity contribution in [1.29, 1.82) is 0 Å². The van der Waals surface area contributed by atoms with Gasteiger partial charge in [0.25, 0.3) is 0 Å². The summed E-state index contributed by atoms with van der Waals surface area (Å²) in [6, 6.07) is 11.1. The predicted octanol–water partition coefficient (Wildman–Crippen LogP) is 2.01. The van der Waals surface area contributed by atoms with Gasteiger partial charge in [0.2, 0.25) is 0 Å². The number of aromatic nitrogens is 2. The van der Waals surface area contributed by atoms with Crippen LogP contribution in [0.25, 0.3) is 0 Å². The lowest BCUT2D eigenvalue weighted by molar-refractivity contribution is 0.771. The number of rotatable bonds is 3. The average molecular weight is 185 g/mol. The number of benzene rings is 1. The smallest absolute Gasteiger partial charge is 0.108 e. The minimum atomic E-state index is 0.994. The Labute approximate surface area is 84.2 Å². The number of hydrogen-bond donors (Lipinski definition) is 0. The van der Waals surface area contributed by atoms with E-state index in [0.717, 1.165) is 18.7 Å². The van der Waals surface area contributed by atoms with E-state index in [1.54, 1.807) is 0 Å². The molecule has 0 saturated heterocycles. The highest BCUT2D eigenvalue weighted by atomic mass is 15.0. The van der Waals surface area contributed by atoms with E-state index < -0.39 is 0 Å². The molecule has 0 fully saturated rings. The second-order valence-corrected chi connectivity index (χ2v) is 3.36. The molecule has 2 rings (SSSR count). The van der Waals surface area contributed by atoms with Crippen LogP contribution >= 0.6 is 0 Å². The van der Waals surface area contributed by atoms with Crippen LogP contribution < -0.4 is 0 Å². The van der Waals surface area contributed by atoms with Gasteiger partial charge in [0.05, 0.1) is 0 Å². The number of nitrogens with zero attached hydrogens (tertiary/aromatic N) is 2. The van der Waals surface area contributed by atoms with Crippen LogP contribution in [-0.2, 0) is 19.9 Å². The fourth-order valence-electron chi connectivity index (χ4n) is 1.48. The molecule has 0 bridgehead atoms. The summed E-state index contributed by atoms with van der Waals surface area (Å²) in [6.07, 6.45) is 5.86. The molecule has 0 N–H and O–H groups in total. The summed E-state index contributed by atoms with van der Waals surface area (Å²) in [4.78, 5) is 4.29. The Bertz CT molecular complexity index is 390. The van der Waals surface area contributed by atoms with Crippen molar-refractivity contribution in [3.63, 3.8) is 0 Å². The Balaban J connectivity index is 1.99. The predicted molar refractivity (Wildman–Crippen MR) is 55.9 cm³/mol. The zero-order chi connectivity index (χ0) is 9.80. The van der Waals surface area contributed by atoms with Gasteiger partial charge in [-0.15, -0.1) is 0 Å². The van der Waals surface area contributed by atoms with Crippen LogP contribution in [0.5, 0.6) is 0 Å². The van der Waals surface area contributed by atoms with E-state index in [4.69, 9.17) is 0 Å². The second-order valence-electron chi connectivity index (χ2n) is 3.36. The largest absolute Gasteiger partial charge is 0.338 e. The third-order valence-electron chi connectivity index (χ3n) is 2.35. The molecule has 71 valence electrons. The van der Waals surface area contributed by atoms with Crippen molar-refractivity contribution < 1.29 is 0 Å². The molecular weight excluding hydrogens is 172 g/mol. The van der Waals surface area contributed by atoms with E-state index in [-0.39, 0.29) is 0 Å². The molecule has 14 heavy (non-hydrogen) atoms. The highest BCUT2D eigenvalue weighted by Crippen LogP contribution is 2.04. The Hall–Kier alpha value is -1.57. The lowest BCUT2D eigenvalue weighted by Crippen LogP contribution is -1.99. The maximum absolute atomic E-state index is 4.29. The van der Waals surface area contributed by atoms with E-state index in [0.29, 0.717) is 0 Å². The van der Waals surface area contributed by atoms with Gasteiger partial charge in [0.15, 0.2) is 0 Å². The van der Waals surface area contributed by atoms with Gasteiger partial charge in [-0.1, -0.05) is 24.3 Å². The van der Waals surface area contributed by atoms with Gasteiger partial charge in [-0.2, -0.15) is 0 Å². The third-order valence-corrected chi connectivity index (χ3v) is 2.35. The van der Waals surface area contributed by atoms with Crippen LogP contribution in [0.4, 0.5) is 0 Å². The quantitative estimate of drug-likeness (QED) is 0.715. The van der Waals surface area contributed by atoms with Gasteiger partial charge >= 0.3 is 0 Å². The molecule has 2 heteroatoms. The molecule has 0 aliphatic heterocycles. The normalized spacial score (nSPS) is 10.4. The van der Waals surface area contributed by atoms with Crippen LogP contribution in [0.15, 0.2) is 36.7 Å².